The zero-order valence-corrected chi connectivity index (χ0v) is 9.87. The molecule has 0 amide bonds. The molecular weight excluding hydrogens is 224 g/mol. The van der Waals surface area contributed by atoms with Crippen molar-refractivity contribution in [1.29, 1.82) is 0 Å². The number of para-hydroxylation sites is 1. The van der Waals surface area contributed by atoms with E-state index in [1.807, 2.05) is 12.1 Å². The molecule has 0 spiro atoms. The highest BCUT2D eigenvalue weighted by Gasteiger charge is 2.36. The van der Waals surface area contributed by atoms with Gasteiger partial charge in [0.1, 0.15) is 0 Å². The second-order valence-corrected chi connectivity index (χ2v) is 4.21. The van der Waals surface area contributed by atoms with Crippen LogP contribution in [0.1, 0.15) is 17.7 Å². The van der Waals surface area contributed by atoms with E-state index in [9.17, 15) is 8.78 Å². The number of benzene rings is 1. The fraction of sp³-hybridized carbons (Fsp3) is 0.385. The van der Waals surface area contributed by atoms with Crippen LogP contribution in [0, 0.1) is 6.92 Å². The molecule has 1 N–H and O–H groups in total. The number of alkyl halides is 2. The van der Waals surface area contributed by atoms with Crippen LogP contribution < -0.4 is 0 Å². The van der Waals surface area contributed by atoms with Crippen LogP contribution in [0.15, 0.2) is 24.3 Å². The molecule has 1 heterocycles. The van der Waals surface area contributed by atoms with Gasteiger partial charge in [0.15, 0.2) is 0 Å². The summed E-state index contributed by atoms with van der Waals surface area (Å²) in [5.41, 5.74) is 1.37. The van der Waals surface area contributed by atoms with E-state index in [0.29, 0.717) is 11.1 Å². The summed E-state index contributed by atoms with van der Waals surface area (Å²) in [6.07, 6.45) is -0.540. The van der Waals surface area contributed by atoms with Gasteiger partial charge in [0.2, 0.25) is 0 Å². The largest absolute Gasteiger partial charge is 0.396 e. The van der Waals surface area contributed by atoms with E-state index in [1.165, 1.54) is 0 Å². The fourth-order valence-corrected chi connectivity index (χ4v) is 2.25. The van der Waals surface area contributed by atoms with Crippen molar-refractivity contribution in [2.24, 2.45) is 7.05 Å². The Kier molecular flexibility index (Phi) is 2.91. The molecule has 0 unspecified atom stereocenters. The van der Waals surface area contributed by atoms with Gasteiger partial charge in [0.05, 0.1) is 0 Å². The Morgan fingerprint density at radius 2 is 1.94 bits per heavy atom. The lowest BCUT2D eigenvalue weighted by molar-refractivity contribution is -0.0262. The van der Waals surface area contributed by atoms with Gasteiger partial charge < -0.3 is 9.67 Å². The number of aromatic nitrogens is 1. The standard InChI is InChI=1S/C13H15F2NO/c1-9-12(13(14,15)7-8-17)10-5-3-4-6-11(10)16(9)2/h3-6,17H,7-8H2,1-2H3. The molecule has 0 aliphatic carbocycles. The van der Waals surface area contributed by atoms with Gasteiger partial charge in [0, 0.05) is 42.2 Å². The predicted molar refractivity (Wildman–Crippen MR) is 63.3 cm³/mol. The predicted octanol–water partition coefficient (Wildman–Crippen LogP) is 2.96. The lowest BCUT2D eigenvalue weighted by Gasteiger charge is -2.16. The molecule has 0 radical (unpaired) electrons. The maximum atomic E-state index is 14.0. The fourth-order valence-electron chi connectivity index (χ4n) is 2.25. The molecule has 1 aromatic heterocycles. The number of hydrogen-bond donors (Lipinski definition) is 1. The Morgan fingerprint density at radius 1 is 1.29 bits per heavy atom. The minimum absolute atomic E-state index is 0.0321. The third-order valence-electron chi connectivity index (χ3n) is 3.19. The average Bonchev–Trinajstić information content (AvgIpc) is 2.53. The van der Waals surface area contributed by atoms with Crippen molar-refractivity contribution in [2.75, 3.05) is 6.61 Å². The summed E-state index contributed by atoms with van der Waals surface area (Å²) in [7, 11) is 1.77. The van der Waals surface area contributed by atoms with Crippen LogP contribution in [0.4, 0.5) is 8.78 Å². The normalized spacial score (nSPS) is 12.3. The number of halogens is 2. The van der Waals surface area contributed by atoms with Crippen LogP contribution in [0.2, 0.25) is 0 Å². The monoisotopic (exact) mass is 239 g/mol. The van der Waals surface area contributed by atoms with E-state index in [-0.39, 0.29) is 5.56 Å². The highest BCUT2D eigenvalue weighted by molar-refractivity contribution is 5.86. The number of aliphatic hydroxyl groups is 1. The lowest BCUT2D eigenvalue weighted by atomic mass is 10.0. The molecule has 0 atom stereocenters. The molecular formula is C13H15F2NO. The van der Waals surface area contributed by atoms with Crippen molar-refractivity contribution in [3.05, 3.63) is 35.5 Å². The Morgan fingerprint density at radius 3 is 2.59 bits per heavy atom. The van der Waals surface area contributed by atoms with Gasteiger partial charge in [-0.2, -0.15) is 0 Å². The zero-order valence-electron chi connectivity index (χ0n) is 9.87. The molecule has 2 nitrogen and oxygen atoms in total. The van der Waals surface area contributed by atoms with Gasteiger partial charge in [-0.05, 0) is 13.0 Å². The molecule has 0 aliphatic heterocycles. The Balaban J connectivity index is 2.73. The maximum Gasteiger partial charge on any atom is 0.277 e. The number of aliphatic hydroxyl groups excluding tert-OH is 1. The van der Waals surface area contributed by atoms with E-state index in [0.717, 1.165) is 5.52 Å². The highest BCUT2D eigenvalue weighted by Crippen LogP contribution is 2.39. The quantitative estimate of drug-likeness (QED) is 0.875. The molecule has 2 aromatic rings. The molecule has 17 heavy (non-hydrogen) atoms. The van der Waals surface area contributed by atoms with Crippen molar-refractivity contribution >= 4 is 10.9 Å². The average molecular weight is 239 g/mol. The van der Waals surface area contributed by atoms with Gasteiger partial charge in [0.25, 0.3) is 5.92 Å². The van der Waals surface area contributed by atoms with Crippen molar-refractivity contribution < 1.29 is 13.9 Å². The van der Waals surface area contributed by atoms with Crippen molar-refractivity contribution in [2.45, 2.75) is 19.3 Å². The molecule has 0 aliphatic rings. The van der Waals surface area contributed by atoms with E-state index in [2.05, 4.69) is 0 Å². The van der Waals surface area contributed by atoms with Gasteiger partial charge in [-0.3, -0.25) is 0 Å². The number of rotatable bonds is 3. The zero-order chi connectivity index (χ0) is 12.6. The second kappa shape index (κ2) is 4.11. The number of fused-ring (bicyclic) bond motifs is 1. The maximum absolute atomic E-state index is 14.0. The third kappa shape index (κ3) is 1.82. The Bertz CT molecular complexity index is 546. The summed E-state index contributed by atoms with van der Waals surface area (Å²) in [5, 5.41) is 9.31. The number of hydrogen-bond acceptors (Lipinski definition) is 1. The molecule has 0 saturated carbocycles. The first kappa shape index (κ1) is 12.0. The summed E-state index contributed by atoms with van der Waals surface area (Å²) in [4.78, 5) is 0. The Labute approximate surface area is 98.5 Å². The van der Waals surface area contributed by atoms with E-state index in [4.69, 9.17) is 5.11 Å². The molecule has 2 rings (SSSR count). The van der Waals surface area contributed by atoms with Crippen molar-refractivity contribution in [3.63, 3.8) is 0 Å². The summed E-state index contributed by atoms with van der Waals surface area (Å²) < 4.78 is 29.7. The van der Waals surface area contributed by atoms with Crippen LogP contribution in [0.25, 0.3) is 10.9 Å². The van der Waals surface area contributed by atoms with Crippen molar-refractivity contribution in [1.82, 2.24) is 4.57 Å². The summed E-state index contributed by atoms with van der Waals surface area (Å²) in [6, 6.07) is 7.10. The molecule has 0 bridgehead atoms. The first-order valence-corrected chi connectivity index (χ1v) is 5.52. The highest BCUT2D eigenvalue weighted by atomic mass is 19.3. The molecule has 92 valence electrons. The van der Waals surface area contributed by atoms with Crippen LogP contribution in [0.5, 0.6) is 0 Å². The molecule has 4 heteroatoms. The van der Waals surface area contributed by atoms with E-state index in [1.54, 1.807) is 30.7 Å². The van der Waals surface area contributed by atoms with Gasteiger partial charge in [-0.15, -0.1) is 0 Å². The minimum atomic E-state index is -2.99. The minimum Gasteiger partial charge on any atom is -0.396 e. The molecule has 0 saturated heterocycles. The SMILES string of the molecule is Cc1c(C(F)(F)CCO)c2ccccc2n1C. The van der Waals surface area contributed by atoms with E-state index < -0.39 is 19.0 Å². The van der Waals surface area contributed by atoms with Crippen LogP contribution in [-0.2, 0) is 13.0 Å². The molecule has 1 aromatic carbocycles. The van der Waals surface area contributed by atoms with Gasteiger partial charge >= 0.3 is 0 Å². The summed E-state index contributed by atoms with van der Waals surface area (Å²) >= 11 is 0. The lowest BCUT2D eigenvalue weighted by Crippen LogP contribution is -2.16. The van der Waals surface area contributed by atoms with Crippen LogP contribution in [-0.4, -0.2) is 16.3 Å². The summed E-state index contributed by atoms with van der Waals surface area (Å²) in [5.74, 6) is -2.99. The molecule has 0 fully saturated rings. The van der Waals surface area contributed by atoms with Crippen LogP contribution >= 0.6 is 0 Å². The first-order chi connectivity index (χ1) is 7.99. The topological polar surface area (TPSA) is 25.2 Å². The van der Waals surface area contributed by atoms with Gasteiger partial charge in [-0.25, -0.2) is 8.78 Å². The third-order valence-corrected chi connectivity index (χ3v) is 3.19. The number of aryl methyl sites for hydroxylation is 1. The van der Waals surface area contributed by atoms with Crippen molar-refractivity contribution in [3.8, 4) is 0 Å². The van der Waals surface area contributed by atoms with Gasteiger partial charge in [-0.1, -0.05) is 18.2 Å². The second-order valence-electron chi connectivity index (χ2n) is 4.21. The smallest absolute Gasteiger partial charge is 0.277 e. The van der Waals surface area contributed by atoms with Crippen LogP contribution in [0.3, 0.4) is 0 Å². The Hall–Kier alpha value is -1.42. The number of nitrogens with zero attached hydrogens (tertiary/aromatic N) is 1. The van der Waals surface area contributed by atoms with E-state index >= 15 is 0 Å². The summed E-state index contributed by atoms with van der Waals surface area (Å²) in [6.45, 7) is 1.16. The first-order valence-electron chi connectivity index (χ1n) is 5.52.